The van der Waals surface area contributed by atoms with Crippen molar-refractivity contribution in [3.05, 3.63) is 107 Å². The van der Waals surface area contributed by atoms with Gasteiger partial charge in [0.15, 0.2) is 0 Å². The summed E-state index contributed by atoms with van der Waals surface area (Å²) in [6.07, 6.45) is 6.48. The second-order valence-electron chi connectivity index (χ2n) is 13.1. The van der Waals surface area contributed by atoms with Crippen LogP contribution in [-0.4, -0.2) is 51.7 Å². The number of amides is 2. The molecule has 3 aromatic carbocycles. The van der Waals surface area contributed by atoms with Gasteiger partial charge in [-0.25, -0.2) is 0 Å². The molecule has 1 aliphatic heterocycles. The van der Waals surface area contributed by atoms with E-state index in [2.05, 4.69) is 17.4 Å². The van der Waals surface area contributed by atoms with Gasteiger partial charge >= 0.3 is 0 Å². The first-order chi connectivity index (χ1) is 20.9. The van der Waals surface area contributed by atoms with Gasteiger partial charge in [-0.05, 0) is 60.8 Å². The van der Waals surface area contributed by atoms with Gasteiger partial charge in [0.05, 0.1) is 23.7 Å². The lowest BCUT2D eigenvalue weighted by Gasteiger charge is -2.32. The van der Waals surface area contributed by atoms with E-state index >= 15 is 0 Å². The van der Waals surface area contributed by atoms with Gasteiger partial charge in [-0.1, -0.05) is 104 Å². The summed E-state index contributed by atoms with van der Waals surface area (Å²) in [5, 5.41) is 25.5. The zero-order chi connectivity index (χ0) is 29.8. The van der Waals surface area contributed by atoms with E-state index in [1.54, 1.807) is 0 Å². The minimum atomic E-state index is -0.846. The summed E-state index contributed by atoms with van der Waals surface area (Å²) in [6.45, 7) is 0.228. The Morgan fingerprint density at radius 1 is 0.907 bits per heavy atom. The smallest absolute Gasteiger partial charge is 0.229 e. The third-order valence-corrected chi connectivity index (χ3v) is 10.1. The van der Waals surface area contributed by atoms with Crippen molar-refractivity contribution < 1.29 is 19.8 Å². The molecule has 2 aliphatic carbocycles. The Balaban J connectivity index is 1.19. The number of nitrogens with one attached hydrogen (secondary N) is 1. The maximum absolute atomic E-state index is 14.0. The first-order valence-electron chi connectivity index (χ1n) is 16.0. The Morgan fingerprint density at radius 2 is 1.56 bits per heavy atom. The highest BCUT2D eigenvalue weighted by Crippen LogP contribution is 2.48. The van der Waals surface area contributed by atoms with Crippen molar-refractivity contribution in [1.29, 1.82) is 0 Å². The third-order valence-electron chi connectivity index (χ3n) is 10.1. The van der Waals surface area contributed by atoms with E-state index in [1.807, 2.05) is 77.7 Å². The molecule has 5 atom stereocenters. The van der Waals surface area contributed by atoms with Crippen molar-refractivity contribution in [3.8, 4) is 0 Å². The maximum Gasteiger partial charge on any atom is 0.229 e. The highest BCUT2D eigenvalue weighted by Gasteiger charge is 2.51. The molecular formula is C37H44N2O4. The zero-order valence-corrected chi connectivity index (χ0v) is 24.9. The van der Waals surface area contributed by atoms with Gasteiger partial charge in [-0.3, -0.25) is 9.59 Å². The molecule has 3 N–H and O–H groups in total. The van der Waals surface area contributed by atoms with Crippen LogP contribution >= 0.6 is 0 Å². The normalized spacial score (nSPS) is 24.1. The fraction of sp³-hybridized carbons (Fsp3) is 0.459. The average molecular weight is 581 g/mol. The number of carbonyl (C=O) groups excluding carboxylic acids is 2. The van der Waals surface area contributed by atoms with E-state index in [1.165, 1.54) is 12.0 Å². The van der Waals surface area contributed by atoms with Crippen LogP contribution in [0.25, 0.3) is 0 Å². The Bertz CT molecular complexity index is 1390. The van der Waals surface area contributed by atoms with Crippen molar-refractivity contribution in [2.24, 2.45) is 11.3 Å². The Labute approximate surface area is 255 Å². The molecular weight excluding hydrogens is 536 g/mol. The maximum atomic E-state index is 14.0. The lowest BCUT2D eigenvalue weighted by atomic mass is 9.72. The van der Waals surface area contributed by atoms with Gasteiger partial charge in [-0.2, -0.15) is 0 Å². The molecule has 0 radical (unpaired) electrons. The molecule has 0 aromatic heterocycles. The SMILES string of the molecule is O=C(N[C@H]1c2ccccc2C[C@H]1O)[C@@H](Cc1ccccc1)C[C@H](O)CN1C(=O)C2(CCCCC2)C[C@@H]1Cc1ccccc1. The summed E-state index contributed by atoms with van der Waals surface area (Å²) in [7, 11) is 0. The number of fused-ring (bicyclic) bond motifs is 1. The molecule has 2 fully saturated rings. The average Bonchev–Trinajstić information content (AvgIpc) is 3.46. The van der Waals surface area contributed by atoms with E-state index in [4.69, 9.17) is 0 Å². The number of aliphatic hydroxyl groups excluding tert-OH is 2. The van der Waals surface area contributed by atoms with Crippen LogP contribution in [0.2, 0.25) is 0 Å². The van der Waals surface area contributed by atoms with E-state index in [9.17, 15) is 19.8 Å². The van der Waals surface area contributed by atoms with Crippen LogP contribution in [0.15, 0.2) is 84.9 Å². The molecule has 1 saturated carbocycles. The summed E-state index contributed by atoms with van der Waals surface area (Å²) in [6, 6.07) is 27.6. The summed E-state index contributed by atoms with van der Waals surface area (Å²) in [5.74, 6) is -0.505. The number of hydrogen-bond donors (Lipinski definition) is 3. The molecule has 6 rings (SSSR count). The second kappa shape index (κ2) is 13.0. The van der Waals surface area contributed by atoms with E-state index < -0.39 is 24.2 Å². The van der Waals surface area contributed by atoms with Crippen molar-refractivity contribution in [2.75, 3.05) is 6.54 Å². The highest BCUT2D eigenvalue weighted by atomic mass is 16.3. The van der Waals surface area contributed by atoms with Gasteiger partial charge in [0.25, 0.3) is 0 Å². The number of carbonyl (C=O) groups is 2. The van der Waals surface area contributed by atoms with Crippen molar-refractivity contribution >= 4 is 11.8 Å². The van der Waals surface area contributed by atoms with Crippen LogP contribution in [0.3, 0.4) is 0 Å². The predicted octanol–water partition coefficient (Wildman–Crippen LogP) is 5.16. The van der Waals surface area contributed by atoms with Gasteiger partial charge in [0.1, 0.15) is 0 Å². The zero-order valence-electron chi connectivity index (χ0n) is 24.9. The number of nitrogens with zero attached hydrogens (tertiary/aromatic N) is 1. The summed E-state index contributed by atoms with van der Waals surface area (Å²) >= 11 is 0. The van der Waals surface area contributed by atoms with Crippen LogP contribution < -0.4 is 5.32 Å². The second-order valence-corrected chi connectivity index (χ2v) is 13.1. The molecule has 6 nitrogen and oxygen atoms in total. The fourth-order valence-electron chi connectivity index (χ4n) is 7.90. The summed E-state index contributed by atoms with van der Waals surface area (Å²) in [5.41, 5.74) is 3.90. The summed E-state index contributed by atoms with van der Waals surface area (Å²) < 4.78 is 0. The molecule has 6 heteroatoms. The monoisotopic (exact) mass is 580 g/mol. The number of β-amino-alcohol motifs (C(OH)–C–C–N with tert-alkyl or cyclic N) is 1. The van der Waals surface area contributed by atoms with Crippen molar-refractivity contribution in [1.82, 2.24) is 10.2 Å². The molecule has 1 spiro atoms. The summed E-state index contributed by atoms with van der Waals surface area (Å²) in [4.78, 5) is 29.8. The predicted molar refractivity (Wildman–Crippen MR) is 167 cm³/mol. The van der Waals surface area contributed by atoms with Crippen molar-refractivity contribution in [3.63, 3.8) is 0 Å². The van der Waals surface area contributed by atoms with E-state index in [-0.39, 0.29) is 36.2 Å². The number of benzene rings is 3. The fourth-order valence-corrected chi connectivity index (χ4v) is 7.90. The Kier molecular flexibility index (Phi) is 8.96. The molecule has 1 heterocycles. The number of aliphatic hydroxyl groups is 2. The van der Waals surface area contributed by atoms with Crippen molar-refractivity contribution in [2.45, 2.75) is 88.5 Å². The minimum absolute atomic E-state index is 0.0363. The third kappa shape index (κ3) is 6.56. The Hall–Kier alpha value is -3.48. The highest BCUT2D eigenvalue weighted by molar-refractivity contribution is 5.85. The van der Waals surface area contributed by atoms with Crippen LogP contribution in [-0.2, 0) is 28.9 Å². The van der Waals surface area contributed by atoms with Crippen LogP contribution in [0.4, 0.5) is 0 Å². The lowest BCUT2D eigenvalue weighted by Crippen LogP contribution is -2.44. The standard InChI is InChI=1S/C37H44N2O4/c40-31(25-39-30(21-27-14-6-2-7-15-27)24-37(36(39)43)18-10-3-11-19-37)22-29(20-26-12-4-1-5-13-26)35(42)38-34-32-17-9-8-16-28(32)23-33(34)41/h1-2,4-9,12-17,29-31,33-34,40-41H,3,10-11,18-25H2,(H,38,42)/t29-,30-,31-,33+,34-/m0/s1. The molecule has 3 aliphatic rings. The number of rotatable bonds is 10. The first-order valence-corrected chi connectivity index (χ1v) is 16.0. The molecule has 1 saturated heterocycles. The number of likely N-dealkylation sites (tertiary alicyclic amines) is 1. The topological polar surface area (TPSA) is 89.9 Å². The van der Waals surface area contributed by atoms with Gasteiger partial charge in [0, 0.05) is 24.9 Å². The molecule has 3 aromatic rings. The first kappa shape index (κ1) is 29.6. The number of hydrogen-bond acceptors (Lipinski definition) is 4. The van der Waals surface area contributed by atoms with Gasteiger partial charge in [-0.15, -0.1) is 0 Å². The van der Waals surface area contributed by atoms with E-state index in [0.717, 1.165) is 55.2 Å². The molecule has 0 bridgehead atoms. The Morgan fingerprint density at radius 3 is 2.28 bits per heavy atom. The van der Waals surface area contributed by atoms with Gasteiger partial charge in [0.2, 0.25) is 11.8 Å². The van der Waals surface area contributed by atoms with Crippen LogP contribution in [0.5, 0.6) is 0 Å². The molecule has 0 unspecified atom stereocenters. The van der Waals surface area contributed by atoms with Crippen LogP contribution in [0.1, 0.15) is 73.2 Å². The van der Waals surface area contributed by atoms with Crippen LogP contribution in [0, 0.1) is 11.3 Å². The van der Waals surface area contributed by atoms with E-state index in [0.29, 0.717) is 12.8 Å². The molecule has 226 valence electrons. The molecule has 43 heavy (non-hydrogen) atoms. The molecule has 2 amide bonds. The lowest BCUT2D eigenvalue weighted by molar-refractivity contribution is -0.139. The quantitative estimate of drug-likeness (QED) is 0.309. The largest absolute Gasteiger partial charge is 0.391 e. The van der Waals surface area contributed by atoms with Gasteiger partial charge < -0.3 is 20.4 Å². The minimum Gasteiger partial charge on any atom is -0.391 e.